The molecule has 0 amide bonds. The van der Waals surface area contributed by atoms with Crippen LogP contribution in [0.15, 0.2) is 145 Å². The molecule has 1 aromatic heterocycles. The highest BCUT2D eigenvalue weighted by Crippen LogP contribution is 2.48. The van der Waals surface area contributed by atoms with Gasteiger partial charge in [-0.1, -0.05) is 116 Å². The Balaban J connectivity index is 1.19. The molecule has 42 heavy (non-hydrogen) atoms. The van der Waals surface area contributed by atoms with Crippen molar-refractivity contribution >= 4 is 28.1 Å². The van der Waals surface area contributed by atoms with Crippen LogP contribution in [0.3, 0.4) is 0 Å². The van der Waals surface area contributed by atoms with Crippen LogP contribution in [-0.2, 0) is 6.42 Å². The number of aryl methyl sites for hydroxylation is 1. The molecule has 0 saturated carbocycles. The van der Waals surface area contributed by atoms with E-state index in [1.807, 2.05) is 30.3 Å². The summed E-state index contributed by atoms with van der Waals surface area (Å²) in [4.78, 5) is 7.45. The SMILES string of the molecule is [2H]c1c([2H])c([2H])c(-c2ccc(-c3ccc(-c4cc5c6c(c4)nc(CC)n6-c4ccccc4N5c4ccccc4)cc3)cc2)c([2H])c1[2H]. The third kappa shape index (κ3) is 3.93. The standard InChI is InChI=1S/C39H29N3/c1-2-38-40-34-25-32(31-23-21-30(22-24-31)29-19-17-28(18-20-29)27-11-5-3-6-12-27)26-37-39(34)42(38)36-16-10-9-15-35(36)41(37)33-13-7-4-8-14-33/h3-26H,2H2,1H3/i3D,5D,6D,11D,12D. The van der Waals surface area contributed by atoms with Crippen LogP contribution in [0.1, 0.15) is 19.6 Å². The number of imidazole rings is 1. The summed E-state index contributed by atoms with van der Waals surface area (Å²) in [5.74, 6) is 1.03. The number of hydrogen-bond donors (Lipinski definition) is 0. The third-order valence-corrected chi connectivity index (χ3v) is 7.96. The first-order valence-electron chi connectivity index (χ1n) is 16.6. The van der Waals surface area contributed by atoms with Crippen molar-refractivity contribution in [3.8, 4) is 39.1 Å². The molecule has 0 aliphatic carbocycles. The topological polar surface area (TPSA) is 21.1 Å². The zero-order chi connectivity index (χ0) is 32.4. The molecule has 6 aromatic carbocycles. The first kappa shape index (κ1) is 19.6. The molecule has 0 N–H and O–H groups in total. The summed E-state index contributed by atoms with van der Waals surface area (Å²) in [5.41, 5.74) is 11.4. The van der Waals surface area contributed by atoms with Gasteiger partial charge in [0.1, 0.15) is 5.82 Å². The molecule has 0 saturated heterocycles. The summed E-state index contributed by atoms with van der Waals surface area (Å²) in [6, 6.07) is 37.8. The Hall–Kier alpha value is -5.41. The number of aromatic nitrogens is 2. The highest BCUT2D eigenvalue weighted by atomic mass is 15.2. The number of nitrogens with zero attached hydrogens (tertiary/aromatic N) is 3. The van der Waals surface area contributed by atoms with E-state index in [0.717, 1.165) is 68.3 Å². The van der Waals surface area contributed by atoms with E-state index in [-0.39, 0.29) is 35.8 Å². The molecular weight excluding hydrogens is 510 g/mol. The Bertz CT molecular complexity index is 2300. The molecular formula is C39H29N3. The van der Waals surface area contributed by atoms with Gasteiger partial charge in [-0.15, -0.1) is 0 Å². The normalized spacial score (nSPS) is 13.6. The van der Waals surface area contributed by atoms with Crippen LogP contribution >= 0.6 is 0 Å². The molecule has 3 heteroatoms. The number of anilines is 3. The lowest BCUT2D eigenvalue weighted by molar-refractivity contribution is 0.900. The van der Waals surface area contributed by atoms with Gasteiger partial charge >= 0.3 is 0 Å². The average Bonchev–Trinajstić information content (AvgIpc) is 3.50. The number of benzene rings is 6. The van der Waals surface area contributed by atoms with Gasteiger partial charge in [-0.2, -0.15) is 0 Å². The molecule has 1 aliphatic rings. The van der Waals surface area contributed by atoms with Crippen molar-refractivity contribution < 1.29 is 6.85 Å². The first-order valence-corrected chi connectivity index (χ1v) is 14.1. The zero-order valence-electron chi connectivity index (χ0n) is 28.0. The van der Waals surface area contributed by atoms with Crippen LogP contribution in [0.4, 0.5) is 17.1 Å². The number of rotatable bonds is 5. The summed E-state index contributed by atoms with van der Waals surface area (Å²) in [6.07, 6.45) is 0.812. The van der Waals surface area contributed by atoms with Gasteiger partial charge in [0.05, 0.1) is 34.9 Å². The van der Waals surface area contributed by atoms with Crippen molar-refractivity contribution in [3.05, 3.63) is 151 Å². The Morgan fingerprint density at radius 1 is 0.571 bits per heavy atom. The van der Waals surface area contributed by atoms with E-state index in [2.05, 4.69) is 101 Å². The van der Waals surface area contributed by atoms with Gasteiger partial charge in [0.15, 0.2) is 0 Å². The summed E-state index contributed by atoms with van der Waals surface area (Å²) in [7, 11) is 0. The Kier molecular flexibility index (Phi) is 4.63. The second-order valence-electron chi connectivity index (χ2n) is 10.4. The minimum atomic E-state index is -0.388. The van der Waals surface area contributed by atoms with Crippen LogP contribution in [0.25, 0.3) is 50.1 Å². The van der Waals surface area contributed by atoms with Crippen molar-refractivity contribution in [2.75, 3.05) is 4.90 Å². The number of fused-ring (bicyclic) bond motifs is 2. The van der Waals surface area contributed by atoms with Gasteiger partial charge < -0.3 is 4.90 Å². The van der Waals surface area contributed by atoms with E-state index in [0.29, 0.717) is 5.56 Å². The highest BCUT2D eigenvalue weighted by molar-refractivity contribution is 6.03. The molecule has 200 valence electrons. The fourth-order valence-electron chi connectivity index (χ4n) is 5.98. The summed E-state index contributed by atoms with van der Waals surface area (Å²) < 4.78 is 42.9. The maximum Gasteiger partial charge on any atom is 0.114 e. The summed E-state index contributed by atoms with van der Waals surface area (Å²) in [6.45, 7) is 2.15. The van der Waals surface area contributed by atoms with Crippen molar-refractivity contribution in [2.45, 2.75) is 13.3 Å². The van der Waals surface area contributed by atoms with Crippen LogP contribution in [0.5, 0.6) is 0 Å². The maximum absolute atomic E-state index is 8.32. The second kappa shape index (κ2) is 9.90. The Morgan fingerprint density at radius 2 is 1.14 bits per heavy atom. The van der Waals surface area contributed by atoms with Crippen LogP contribution in [0.2, 0.25) is 0 Å². The summed E-state index contributed by atoms with van der Waals surface area (Å²) in [5, 5.41) is 0. The molecule has 0 spiro atoms. The monoisotopic (exact) mass is 544 g/mol. The Labute approximate surface area is 253 Å². The van der Waals surface area contributed by atoms with Gasteiger partial charge in [0.25, 0.3) is 0 Å². The average molecular weight is 545 g/mol. The molecule has 0 unspecified atom stereocenters. The van der Waals surface area contributed by atoms with E-state index >= 15 is 0 Å². The van der Waals surface area contributed by atoms with Crippen molar-refractivity contribution in [1.29, 1.82) is 0 Å². The molecule has 0 fully saturated rings. The fourth-order valence-corrected chi connectivity index (χ4v) is 5.98. The van der Waals surface area contributed by atoms with Gasteiger partial charge in [0.2, 0.25) is 0 Å². The molecule has 3 nitrogen and oxygen atoms in total. The van der Waals surface area contributed by atoms with E-state index in [4.69, 9.17) is 11.8 Å². The van der Waals surface area contributed by atoms with Crippen molar-refractivity contribution in [1.82, 2.24) is 9.55 Å². The highest BCUT2D eigenvalue weighted by Gasteiger charge is 2.29. The molecule has 0 atom stereocenters. The number of para-hydroxylation sites is 3. The lowest BCUT2D eigenvalue weighted by Gasteiger charge is -2.33. The van der Waals surface area contributed by atoms with E-state index in [1.165, 1.54) is 0 Å². The van der Waals surface area contributed by atoms with Gasteiger partial charge in [-0.3, -0.25) is 4.57 Å². The van der Waals surface area contributed by atoms with Gasteiger partial charge in [-0.05, 0) is 69.8 Å². The lowest BCUT2D eigenvalue weighted by Crippen LogP contribution is -2.19. The van der Waals surface area contributed by atoms with Gasteiger partial charge in [-0.25, -0.2) is 4.98 Å². The fraction of sp³-hybridized carbons (Fsp3) is 0.0513. The van der Waals surface area contributed by atoms with Crippen LogP contribution < -0.4 is 4.90 Å². The largest absolute Gasteiger partial charge is 0.306 e. The molecule has 8 rings (SSSR count). The molecule has 0 radical (unpaired) electrons. The third-order valence-electron chi connectivity index (χ3n) is 7.96. The lowest BCUT2D eigenvalue weighted by atomic mass is 9.97. The zero-order valence-corrected chi connectivity index (χ0v) is 23.0. The van der Waals surface area contributed by atoms with Crippen LogP contribution in [-0.4, -0.2) is 9.55 Å². The quantitative estimate of drug-likeness (QED) is 0.215. The Morgan fingerprint density at radius 3 is 1.79 bits per heavy atom. The second-order valence-corrected chi connectivity index (χ2v) is 10.4. The van der Waals surface area contributed by atoms with Crippen molar-refractivity contribution in [2.24, 2.45) is 0 Å². The maximum atomic E-state index is 8.32. The predicted octanol–water partition coefficient (Wildman–Crippen LogP) is 10.4. The minimum Gasteiger partial charge on any atom is -0.306 e. The smallest absolute Gasteiger partial charge is 0.114 e. The van der Waals surface area contributed by atoms with Crippen molar-refractivity contribution in [3.63, 3.8) is 0 Å². The van der Waals surface area contributed by atoms with E-state index in [9.17, 15) is 0 Å². The minimum absolute atomic E-state index is 0.200. The molecule has 2 heterocycles. The van der Waals surface area contributed by atoms with Gasteiger partial charge in [0, 0.05) is 12.1 Å². The first-order chi connectivity index (χ1) is 22.9. The molecule has 7 aromatic rings. The predicted molar refractivity (Wildman–Crippen MR) is 175 cm³/mol. The van der Waals surface area contributed by atoms with E-state index < -0.39 is 0 Å². The number of hydrogen-bond acceptors (Lipinski definition) is 2. The molecule has 0 bridgehead atoms. The van der Waals surface area contributed by atoms with Crippen LogP contribution in [0, 0.1) is 0 Å². The molecule has 1 aliphatic heterocycles. The summed E-state index contributed by atoms with van der Waals surface area (Å²) >= 11 is 0. The van der Waals surface area contributed by atoms with E-state index in [1.54, 1.807) is 0 Å².